The fourth-order valence-electron chi connectivity index (χ4n) is 5.35. The molecule has 2 aromatic heterocycles. The van der Waals surface area contributed by atoms with Gasteiger partial charge in [-0.1, -0.05) is 26.0 Å². The molecule has 2 aliphatic heterocycles. The molecule has 0 N–H and O–H groups in total. The van der Waals surface area contributed by atoms with Crippen molar-refractivity contribution in [2.24, 2.45) is 5.92 Å². The van der Waals surface area contributed by atoms with Gasteiger partial charge in [-0.2, -0.15) is 5.10 Å². The number of alkyl halides is 2. The van der Waals surface area contributed by atoms with Gasteiger partial charge in [0.25, 0.3) is 0 Å². The summed E-state index contributed by atoms with van der Waals surface area (Å²) in [6.07, 6.45) is 3.88. The van der Waals surface area contributed by atoms with Crippen LogP contribution < -0.4 is 0 Å². The van der Waals surface area contributed by atoms with Gasteiger partial charge in [0, 0.05) is 69.3 Å². The second-order valence-electron chi connectivity index (χ2n) is 10.5. The van der Waals surface area contributed by atoms with Crippen molar-refractivity contribution in [2.75, 3.05) is 39.4 Å². The Morgan fingerprint density at radius 1 is 1.11 bits per heavy atom. The first-order valence-electron chi connectivity index (χ1n) is 12.9. The fraction of sp³-hybridized carbons (Fsp3) is 0.556. The Kier molecular flexibility index (Phi) is 7.12. The zero-order chi connectivity index (χ0) is 25.3. The van der Waals surface area contributed by atoms with Crippen molar-refractivity contribution < 1.29 is 13.6 Å². The van der Waals surface area contributed by atoms with Gasteiger partial charge in [0.05, 0.1) is 30.4 Å². The summed E-state index contributed by atoms with van der Waals surface area (Å²) in [5.74, 6) is 0.435. The van der Waals surface area contributed by atoms with E-state index in [1.807, 2.05) is 29.1 Å². The van der Waals surface area contributed by atoms with E-state index in [0.717, 1.165) is 41.8 Å². The predicted octanol–water partition coefficient (Wildman–Crippen LogP) is 3.85. The number of likely N-dealkylation sites (tertiary alicyclic amines) is 1. The molecule has 0 unspecified atom stereocenters. The van der Waals surface area contributed by atoms with Crippen LogP contribution in [0.2, 0.25) is 0 Å². The van der Waals surface area contributed by atoms with Gasteiger partial charge in [0.2, 0.25) is 0 Å². The van der Waals surface area contributed by atoms with Crippen LogP contribution in [0.15, 0.2) is 30.6 Å². The van der Waals surface area contributed by atoms with Crippen molar-refractivity contribution in [3.05, 3.63) is 42.1 Å². The summed E-state index contributed by atoms with van der Waals surface area (Å²) in [5.41, 5.74) is 1.91. The molecule has 0 bridgehead atoms. The molecule has 36 heavy (non-hydrogen) atoms. The highest BCUT2D eigenvalue weighted by atomic mass is 19.1. The Balaban J connectivity index is 1.33. The number of fused-ring (bicyclic) bond motifs is 2. The highest BCUT2D eigenvalue weighted by Crippen LogP contribution is 2.31. The summed E-state index contributed by atoms with van der Waals surface area (Å²) in [7, 11) is 0. The van der Waals surface area contributed by atoms with Crippen LogP contribution in [-0.2, 0) is 24.3 Å². The van der Waals surface area contributed by atoms with Crippen LogP contribution in [0.5, 0.6) is 0 Å². The van der Waals surface area contributed by atoms with Crippen LogP contribution in [0.4, 0.5) is 8.78 Å². The first-order valence-corrected chi connectivity index (χ1v) is 12.9. The molecular weight excluding hydrogens is 462 g/mol. The van der Waals surface area contributed by atoms with Crippen LogP contribution in [-0.4, -0.2) is 80.4 Å². The molecule has 1 aromatic carbocycles. The van der Waals surface area contributed by atoms with Crippen molar-refractivity contribution in [2.45, 2.75) is 51.9 Å². The number of carbonyl (C=O) groups excluding carboxylic acids is 1. The molecule has 7 nitrogen and oxygen atoms in total. The molecule has 0 aliphatic carbocycles. The number of nitrogens with zero attached hydrogens (tertiary/aromatic N) is 6. The monoisotopic (exact) mass is 496 g/mol. The minimum Gasteiger partial charge on any atom is -0.303 e. The summed E-state index contributed by atoms with van der Waals surface area (Å²) in [6, 6.07) is 5.92. The molecule has 192 valence electrons. The third kappa shape index (κ3) is 5.18. The molecule has 3 aromatic rings. The summed E-state index contributed by atoms with van der Waals surface area (Å²) < 4.78 is 30.4. The number of piperidine rings is 1. The highest BCUT2D eigenvalue weighted by molar-refractivity contribution is 5.89. The van der Waals surface area contributed by atoms with E-state index in [0.29, 0.717) is 43.4 Å². The summed E-state index contributed by atoms with van der Waals surface area (Å²) in [6.45, 7) is 8.63. The lowest BCUT2D eigenvalue weighted by atomic mass is 9.87. The lowest BCUT2D eigenvalue weighted by Gasteiger charge is -2.36. The molecule has 5 rings (SSSR count). The average Bonchev–Trinajstić information content (AvgIpc) is 3.28. The largest absolute Gasteiger partial charge is 0.303 e. The Morgan fingerprint density at radius 3 is 2.67 bits per heavy atom. The van der Waals surface area contributed by atoms with Crippen molar-refractivity contribution in [1.29, 1.82) is 0 Å². The number of hydrogen-bond donors (Lipinski definition) is 0. The smallest absolute Gasteiger partial charge is 0.177 e. The van der Waals surface area contributed by atoms with Crippen molar-refractivity contribution in [3.8, 4) is 11.1 Å². The lowest BCUT2D eigenvalue weighted by molar-refractivity contribution is -0.133. The predicted molar refractivity (Wildman–Crippen MR) is 135 cm³/mol. The molecule has 0 saturated carbocycles. The molecule has 0 atom stereocenters. The molecule has 4 heterocycles. The topological polar surface area (TPSA) is 67.2 Å². The number of Topliss-reactive ketones (excluding diaryl/α,β-unsaturated/α-hetero) is 1. The van der Waals surface area contributed by atoms with Gasteiger partial charge in [0.15, 0.2) is 11.5 Å². The molecule has 1 saturated heterocycles. The van der Waals surface area contributed by atoms with E-state index >= 15 is 4.39 Å². The van der Waals surface area contributed by atoms with E-state index in [-0.39, 0.29) is 25.9 Å². The van der Waals surface area contributed by atoms with Crippen molar-refractivity contribution in [1.82, 2.24) is 29.5 Å². The zero-order valence-corrected chi connectivity index (χ0v) is 21.1. The number of aromatic nitrogens is 4. The number of rotatable bonds is 8. The molecule has 1 fully saturated rings. The van der Waals surface area contributed by atoms with Gasteiger partial charge in [0.1, 0.15) is 12.5 Å². The van der Waals surface area contributed by atoms with Gasteiger partial charge >= 0.3 is 0 Å². The maximum atomic E-state index is 15.5. The molecule has 2 aliphatic rings. The van der Waals surface area contributed by atoms with E-state index in [2.05, 4.69) is 38.7 Å². The summed E-state index contributed by atoms with van der Waals surface area (Å²) >= 11 is 0. The van der Waals surface area contributed by atoms with E-state index in [1.165, 1.54) is 0 Å². The number of carbonyl (C=O) groups is 1. The van der Waals surface area contributed by atoms with Gasteiger partial charge in [-0.05, 0) is 17.5 Å². The van der Waals surface area contributed by atoms with Crippen LogP contribution in [0.25, 0.3) is 22.0 Å². The fourth-order valence-corrected chi connectivity index (χ4v) is 5.35. The average molecular weight is 497 g/mol. The first kappa shape index (κ1) is 24.9. The third-order valence-corrected chi connectivity index (χ3v) is 7.38. The maximum absolute atomic E-state index is 15.5. The maximum Gasteiger partial charge on any atom is 0.177 e. The first-order chi connectivity index (χ1) is 17.3. The third-order valence-electron chi connectivity index (χ3n) is 7.38. The van der Waals surface area contributed by atoms with Crippen LogP contribution in [0.1, 0.15) is 38.2 Å². The highest BCUT2D eigenvalue weighted by Gasteiger charge is 2.41. The zero-order valence-electron chi connectivity index (χ0n) is 21.1. The minimum absolute atomic E-state index is 0.109. The Hall–Kier alpha value is -2.78. The second kappa shape index (κ2) is 10.3. The van der Waals surface area contributed by atoms with Gasteiger partial charge in [-0.15, -0.1) is 0 Å². The number of ketones is 1. The number of halogens is 2. The molecule has 9 heteroatoms. The Labute approximate surface area is 210 Å². The standard InChI is InChI=1S/C27H34F2N6O/c1-19(2)17-33-8-5-27(29,6-9-33)25(36)14-26-30-15-21-4-3-20(13-23(21)32-26)22-16-31-35-12-11-34(10-7-28)18-24(22)35/h3-4,13,15-16,19H,5-12,14,17-18H2,1-2H3. The van der Waals surface area contributed by atoms with Crippen LogP contribution >= 0.6 is 0 Å². The van der Waals surface area contributed by atoms with E-state index in [1.54, 1.807) is 6.20 Å². The van der Waals surface area contributed by atoms with E-state index in [9.17, 15) is 9.18 Å². The van der Waals surface area contributed by atoms with Gasteiger partial charge < -0.3 is 4.90 Å². The quantitative estimate of drug-likeness (QED) is 0.472. The van der Waals surface area contributed by atoms with Crippen LogP contribution in [0, 0.1) is 5.92 Å². The van der Waals surface area contributed by atoms with Crippen molar-refractivity contribution >= 4 is 16.7 Å². The summed E-state index contributed by atoms with van der Waals surface area (Å²) in [4.78, 5) is 26.2. The minimum atomic E-state index is -1.81. The van der Waals surface area contributed by atoms with Crippen molar-refractivity contribution in [3.63, 3.8) is 0 Å². The van der Waals surface area contributed by atoms with Gasteiger partial charge in [-0.25, -0.2) is 18.7 Å². The molecule has 0 spiro atoms. The SMILES string of the molecule is CC(C)CN1CCC(F)(C(=O)Cc2ncc3ccc(-c4cnn5c4CN(CCF)CC5)cc3n2)CC1. The number of hydrogen-bond acceptors (Lipinski definition) is 6. The molecule has 0 radical (unpaired) electrons. The van der Waals surface area contributed by atoms with E-state index in [4.69, 9.17) is 0 Å². The molecular formula is C27H34F2N6O. The van der Waals surface area contributed by atoms with E-state index < -0.39 is 11.5 Å². The second-order valence-corrected chi connectivity index (χ2v) is 10.5. The molecule has 0 amide bonds. The van der Waals surface area contributed by atoms with Crippen LogP contribution in [0.3, 0.4) is 0 Å². The Bertz CT molecular complexity index is 1230. The normalized spacial score (nSPS) is 18.6. The Morgan fingerprint density at radius 2 is 1.92 bits per heavy atom. The van der Waals surface area contributed by atoms with Gasteiger partial charge in [-0.3, -0.25) is 14.4 Å². The number of benzene rings is 1. The summed E-state index contributed by atoms with van der Waals surface area (Å²) in [5, 5.41) is 5.37. The lowest BCUT2D eigenvalue weighted by Crippen LogP contribution is -2.47.